The fourth-order valence-electron chi connectivity index (χ4n) is 3.79. The number of carbonyl (C=O) groups is 2. The second kappa shape index (κ2) is 8.82. The molecule has 0 radical (unpaired) electrons. The first kappa shape index (κ1) is 21.1. The van der Waals surface area contributed by atoms with Crippen LogP contribution in [-0.2, 0) is 14.3 Å². The zero-order valence-corrected chi connectivity index (χ0v) is 17.3. The fraction of sp³-hybridized carbons (Fsp3) is 0.450. The number of esters is 1. The van der Waals surface area contributed by atoms with Crippen LogP contribution in [0.25, 0.3) is 11.0 Å². The molecule has 0 aliphatic carbocycles. The lowest BCUT2D eigenvalue weighted by atomic mass is 9.92. The van der Waals surface area contributed by atoms with Gasteiger partial charge in [-0.05, 0) is 18.4 Å². The summed E-state index contributed by atoms with van der Waals surface area (Å²) in [5, 5.41) is 10.0. The molecule has 2 aromatic rings. The standard InChI is InChI=1S/C20H25N7O3/c1-12-5-7-27(17(28)8-15(22)14(9-21)20(29)30-3)10-16(12)26(2)19-13-4-6-23-18(13)24-11-25-19/h4,6,11-12,16H,5,7-8,10,22H2,1-3H3,(H,23,24,25)/b15-14-/t12-,16+/m1/s1. The lowest BCUT2D eigenvalue weighted by molar-refractivity contribution is -0.135. The Morgan fingerprint density at radius 3 is 2.93 bits per heavy atom. The highest BCUT2D eigenvalue weighted by molar-refractivity contribution is 5.94. The smallest absolute Gasteiger partial charge is 0.350 e. The summed E-state index contributed by atoms with van der Waals surface area (Å²) in [6.45, 7) is 3.22. The number of aromatic nitrogens is 3. The van der Waals surface area contributed by atoms with Crippen molar-refractivity contribution in [1.82, 2.24) is 19.9 Å². The summed E-state index contributed by atoms with van der Waals surface area (Å²) in [6.07, 6.45) is 3.94. The number of carbonyl (C=O) groups excluding carboxylic acids is 2. The Bertz CT molecular complexity index is 1020. The first-order chi connectivity index (χ1) is 14.4. The Labute approximate surface area is 174 Å². The van der Waals surface area contributed by atoms with Crippen LogP contribution in [0.1, 0.15) is 19.8 Å². The number of amides is 1. The molecule has 1 fully saturated rings. The number of nitrogens with one attached hydrogen (secondary N) is 1. The Morgan fingerprint density at radius 1 is 1.47 bits per heavy atom. The van der Waals surface area contributed by atoms with E-state index in [9.17, 15) is 9.59 Å². The number of methoxy groups -OCH3 is 1. The summed E-state index contributed by atoms with van der Waals surface area (Å²) < 4.78 is 4.55. The number of rotatable bonds is 5. The summed E-state index contributed by atoms with van der Waals surface area (Å²) in [5.74, 6) is 0.0563. The van der Waals surface area contributed by atoms with Gasteiger partial charge >= 0.3 is 5.97 Å². The number of H-pyrrole nitrogens is 1. The van der Waals surface area contributed by atoms with Crippen LogP contribution in [0.5, 0.6) is 0 Å². The van der Waals surface area contributed by atoms with E-state index in [1.165, 1.54) is 6.33 Å². The predicted molar refractivity (Wildman–Crippen MR) is 110 cm³/mol. The second-order valence-electron chi connectivity index (χ2n) is 7.40. The fourth-order valence-corrected chi connectivity index (χ4v) is 3.79. The van der Waals surface area contributed by atoms with Crippen molar-refractivity contribution in [3.63, 3.8) is 0 Å². The topological polar surface area (TPSA) is 141 Å². The Balaban J connectivity index is 1.77. The largest absolute Gasteiger partial charge is 0.465 e. The normalized spacial score (nSPS) is 19.7. The number of likely N-dealkylation sites (N-methyl/N-ethyl adjacent to an activating group) is 1. The first-order valence-electron chi connectivity index (χ1n) is 9.63. The molecule has 30 heavy (non-hydrogen) atoms. The first-order valence-corrected chi connectivity index (χ1v) is 9.63. The highest BCUT2D eigenvalue weighted by Gasteiger charge is 2.33. The van der Waals surface area contributed by atoms with Crippen LogP contribution in [-0.4, -0.2) is 65.0 Å². The molecule has 1 saturated heterocycles. The van der Waals surface area contributed by atoms with Crippen LogP contribution in [0.2, 0.25) is 0 Å². The van der Waals surface area contributed by atoms with Gasteiger partial charge in [0.15, 0.2) is 5.57 Å². The summed E-state index contributed by atoms with van der Waals surface area (Å²) >= 11 is 0. The maximum absolute atomic E-state index is 12.8. The molecular formula is C20H25N7O3. The summed E-state index contributed by atoms with van der Waals surface area (Å²) in [4.78, 5) is 40.0. The number of nitrogens with two attached hydrogens (primary N) is 1. The molecule has 0 unspecified atom stereocenters. The quantitative estimate of drug-likeness (QED) is 0.420. The van der Waals surface area contributed by atoms with E-state index in [-0.39, 0.29) is 29.6 Å². The van der Waals surface area contributed by atoms with E-state index in [1.54, 1.807) is 11.0 Å². The number of anilines is 1. The van der Waals surface area contributed by atoms with Gasteiger partial charge in [0.05, 0.1) is 25.0 Å². The van der Waals surface area contributed by atoms with Crippen LogP contribution < -0.4 is 10.6 Å². The van der Waals surface area contributed by atoms with Crippen LogP contribution in [0.3, 0.4) is 0 Å². The third kappa shape index (κ3) is 4.05. The highest BCUT2D eigenvalue weighted by atomic mass is 16.5. The van der Waals surface area contributed by atoms with Crippen molar-refractivity contribution in [3.8, 4) is 6.07 Å². The zero-order chi connectivity index (χ0) is 21.8. The average Bonchev–Trinajstić information content (AvgIpc) is 3.22. The molecule has 1 amide bonds. The van der Waals surface area contributed by atoms with Gasteiger partial charge in [-0.25, -0.2) is 14.8 Å². The van der Waals surface area contributed by atoms with Crippen LogP contribution in [0, 0.1) is 17.2 Å². The van der Waals surface area contributed by atoms with E-state index in [0.717, 1.165) is 30.4 Å². The van der Waals surface area contributed by atoms with Gasteiger partial charge in [0.1, 0.15) is 23.9 Å². The molecular weight excluding hydrogens is 386 g/mol. The second-order valence-corrected chi connectivity index (χ2v) is 7.40. The van der Waals surface area contributed by atoms with Gasteiger partial charge in [0, 0.05) is 32.0 Å². The number of hydrogen-bond acceptors (Lipinski definition) is 8. The van der Waals surface area contributed by atoms with Gasteiger partial charge in [-0.1, -0.05) is 6.92 Å². The minimum absolute atomic E-state index is 0.0388. The molecule has 0 spiro atoms. The summed E-state index contributed by atoms with van der Waals surface area (Å²) in [6, 6.07) is 3.68. The minimum Gasteiger partial charge on any atom is -0.465 e. The lowest BCUT2D eigenvalue weighted by Crippen LogP contribution is -2.53. The molecule has 1 aliphatic heterocycles. The van der Waals surface area contributed by atoms with Crippen molar-refractivity contribution >= 4 is 28.7 Å². The molecule has 10 heteroatoms. The van der Waals surface area contributed by atoms with Crippen LogP contribution in [0.15, 0.2) is 29.9 Å². The maximum Gasteiger partial charge on any atom is 0.350 e. The third-order valence-electron chi connectivity index (χ3n) is 5.60. The van der Waals surface area contributed by atoms with Crippen molar-refractivity contribution in [1.29, 1.82) is 5.26 Å². The van der Waals surface area contributed by atoms with Gasteiger partial charge in [-0.3, -0.25) is 4.79 Å². The van der Waals surface area contributed by atoms with Gasteiger partial charge in [-0.2, -0.15) is 5.26 Å². The van der Waals surface area contributed by atoms with E-state index in [4.69, 9.17) is 11.0 Å². The van der Waals surface area contributed by atoms with Crippen molar-refractivity contribution in [2.75, 3.05) is 32.1 Å². The van der Waals surface area contributed by atoms with Crippen LogP contribution >= 0.6 is 0 Å². The number of aromatic amines is 1. The maximum atomic E-state index is 12.8. The van der Waals surface area contributed by atoms with E-state index in [2.05, 4.69) is 31.5 Å². The number of hydrogen-bond donors (Lipinski definition) is 2. The number of likely N-dealkylation sites (tertiary alicyclic amines) is 1. The minimum atomic E-state index is -0.841. The third-order valence-corrected chi connectivity index (χ3v) is 5.60. The molecule has 3 heterocycles. The van der Waals surface area contributed by atoms with Crippen LogP contribution in [0.4, 0.5) is 5.82 Å². The van der Waals surface area contributed by atoms with Gasteiger partial charge in [-0.15, -0.1) is 0 Å². The molecule has 0 aromatic carbocycles. The summed E-state index contributed by atoms with van der Waals surface area (Å²) in [7, 11) is 3.12. The van der Waals surface area contributed by atoms with E-state index in [1.807, 2.05) is 19.3 Å². The number of ether oxygens (including phenoxy) is 1. The predicted octanol–water partition coefficient (Wildman–Crippen LogP) is 0.931. The van der Waals surface area contributed by atoms with Crippen molar-refractivity contribution < 1.29 is 14.3 Å². The van der Waals surface area contributed by atoms with Gasteiger partial charge < -0.3 is 25.3 Å². The van der Waals surface area contributed by atoms with E-state index >= 15 is 0 Å². The van der Waals surface area contributed by atoms with E-state index < -0.39 is 5.97 Å². The van der Waals surface area contributed by atoms with Crippen molar-refractivity contribution in [2.45, 2.75) is 25.8 Å². The zero-order valence-electron chi connectivity index (χ0n) is 17.3. The van der Waals surface area contributed by atoms with Gasteiger partial charge in [0.2, 0.25) is 5.91 Å². The monoisotopic (exact) mass is 411 g/mol. The molecule has 158 valence electrons. The molecule has 3 N–H and O–H groups in total. The van der Waals surface area contributed by atoms with E-state index in [0.29, 0.717) is 19.0 Å². The SMILES string of the molecule is COC(=O)/C(C#N)=C(\N)CC(=O)N1CC[C@@H](C)[C@@H](N(C)c2ncnc3[nH]ccc23)C1. The molecule has 10 nitrogen and oxygen atoms in total. The lowest BCUT2D eigenvalue weighted by Gasteiger charge is -2.42. The number of piperidine rings is 1. The average molecular weight is 411 g/mol. The Morgan fingerprint density at radius 2 is 2.23 bits per heavy atom. The molecule has 2 atom stereocenters. The molecule has 2 aromatic heterocycles. The Kier molecular flexibility index (Phi) is 6.20. The van der Waals surface area contributed by atoms with Gasteiger partial charge in [0.25, 0.3) is 0 Å². The Hall–Kier alpha value is -3.61. The summed E-state index contributed by atoms with van der Waals surface area (Å²) in [5.41, 5.74) is 6.20. The molecule has 1 aliphatic rings. The number of fused-ring (bicyclic) bond motifs is 1. The number of nitriles is 1. The molecule has 0 saturated carbocycles. The molecule has 3 rings (SSSR count). The molecule has 0 bridgehead atoms. The van der Waals surface area contributed by atoms with Crippen molar-refractivity contribution in [2.24, 2.45) is 11.7 Å². The number of nitrogens with zero attached hydrogens (tertiary/aromatic N) is 5. The van der Waals surface area contributed by atoms with Crippen molar-refractivity contribution in [3.05, 3.63) is 29.9 Å². The highest BCUT2D eigenvalue weighted by Crippen LogP contribution is 2.29.